The molecule has 2 aliphatic rings. The van der Waals surface area contributed by atoms with Crippen LogP contribution in [0.5, 0.6) is 0 Å². The van der Waals surface area contributed by atoms with Gasteiger partial charge in [0, 0.05) is 75.7 Å². The van der Waals surface area contributed by atoms with Crippen LogP contribution < -0.4 is 26.1 Å². The second kappa shape index (κ2) is 15.0. The van der Waals surface area contributed by atoms with Crippen molar-refractivity contribution in [1.82, 2.24) is 34.7 Å². The van der Waals surface area contributed by atoms with E-state index in [4.69, 9.17) is 9.15 Å². The molecule has 0 aliphatic carbocycles. The summed E-state index contributed by atoms with van der Waals surface area (Å²) in [7, 11) is 5.57. The second-order valence-electron chi connectivity index (χ2n) is 14.3. The topological polar surface area (TPSA) is 170 Å². The first-order valence-corrected chi connectivity index (χ1v) is 18.7. The van der Waals surface area contributed by atoms with Gasteiger partial charge in [0.05, 0.1) is 41.3 Å². The number of amides is 4. The van der Waals surface area contributed by atoms with Crippen LogP contribution in [0.1, 0.15) is 58.1 Å². The van der Waals surface area contributed by atoms with Gasteiger partial charge in [0.25, 0.3) is 5.91 Å². The minimum absolute atomic E-state index is 0.0455. The molecule has 2 aromatic carbocycles. The summed E-state index contributed by atoms with van der Waals surface area (Å²) in [6.45, 7) is 5.36. The van der Waals surface area contributed by atoms with Crippen LogP contribution in [0, 0.1) is 25.7 Å². The fourth-order valence-electron chi connectivity index (χ4n) is 7.66. The molecule has 4 amide bonds. The highest BCUT2D eigenvalue weighted by molar-refractivity contribution is 6.10. The number of nitrogens with zero attached hydrogens (tertiary/aromatic N) is 7. The number of ether oxygens (including phenoxy) is 1. The molecule has 6 heterocycles. The quantitative estimate of drug-likeness (QED) is 0.211. The first-order chi connectivity index (χ1) is 27.5. The van der Waals surface area contributed by atoms with Gasteiger partial charge in [0.2, 0.25) is 5.91 Å². The van der Waals surface area contributed by atoms with Gasteiger partial charge in [0.1, 0.15) is 11.3 Å². The summed E-state index contributed by atoms with van der Waals surface area (Å²) in [5.74, 6) is 6.41. The van der Waals surface area contributed by atoms with Gasteiger partial charge < -0.3 is 19.4 Å². The third kappa shape index (κ3) is 6.89. The number of aryl methyl sites for hydroxylation is 4. The molecule has 0 unspecified atom stereocenters. The predicted octanol–water partition coefficient (Wildman–Crippen LogP) is 4.98. The molecule has 6 aromatic rings. The normalized spacial score (nSPS) is 14.8. The molecule has 15 nitrogen and oxygen atoms in total. The highest BCUT2D eigenvalue weighted by atomic mass is 16.5. The zero-order valence-corrected chi connectivity index (χ0v) is 32.3. The van der Waals surface area contributed by atoms with Gasteiger partial charge >= 0.3 is 11.7 Å². The summed E-state index contributed by atoms with van der Waals surface area (Å²) in [5.41, 5.74) is 8.08. The van der Waals surface area contributed by atoms with Crippen molar-refractivity contribution in [2.24, 2.45) is 14.1 Å². The molecule has 2 fully saturated rings. The average Bonchev–Trinajstić information content (AvgIpc) is 3.66. The van der Waals surface area contributed by atoms with Crippen molar-refractivity contribution >= 4 is 56.9 Å². The summed E-state index contributed by atoms with van der Waals surface area (Å²) in [6.07, 6.45) is 7.06. The van der Waals surface area contributed by atoms with Crippen molar-refractivity contribution in [3.63, 3.8) is 0 Å². The van der Waals surface area contributed by atoms with E-state index in [2.05, 4.69) is 43.5 Å². The fourth-order valence-corrected chi connectivity index (χ4v) is 7.66. The number of nitrogens with one attached hydrogen (secondary N) is 2. The number of pyridine rings is 1. The summed E-state index contributed by atoms with van der Waals surface area (Å²) in [6, 6.07) is 10.9. The highest BCUT2D eigenvalue weighted by Gasteiger charge is 2.28. The highest BCUT2D eigenvalue weighted by Crippen LogP contribution is 2.37. The summed E-state index contributed by atoms with van der Waals surface area (Å²) < 4.78 is 15.0. The molecule has 8 rings (SSSR count). The van der Waals surface area contributed by atoms with Crippen LogP contribution in [0.2, 0.25) is 0 Å². The van der Waals surface area contributed by atoms with Crippen molar-refractivity contribution in [2.75, 3.05) is 43.2 Å². The van der Waals surface area contributed by atoms with Crippen LogP contribution in [-0.4, -0.2) is 75.3 Å². The third-order valence-electron chi connectivity index (χ3n) is 10.8. The Kier molecular flexibility index (Phi) is 9.80. The van der Waals surface area contributed by atoms with Gasteiger partial charge in [-0.3, -0.25) is 33.9 Å². The molecule has 57 heavy (non-hydrogen) atoms. The summed E-state index contributed by atoms with van der Waals surface area (Å²) in [4.78, 5) is 67.5. The molecule has 2 N–H and O–H groups in total. The van der Waals surface area contributed by atoms with Crippen molar-refractivity contribution in [1.29, 1.82) is 0 Å². The first-order valence-electron chi connectivity index (χ1n) is 18.7. The van der Waals surface area contributed by atoms with Crippen molar-refractivity contribution < 1.29 is 23.5 Å². The number of imidazole rings is 1. The van der Waals surface area contributed by atoms with Gasteiger partial charge in [-0.05, 0) is 80.0 Å². The van der Waals surface area contributed by atoms with E-state index in [1.54, 1.807) is 59.9 Å². The van der Waals surface area contributed by atoms with E-state index in [9.17, 15) is 19.2 Å². The van der Waals surface area contributed by atoms with Gasteiger partial charge in [-0.25, -0.2) is 19.6 Å². The third-order valence-corrected chi connectivity index (χ3v) is 10.8. The second-order valence-corrected chi connectivity index (χ2v) is 14.3. The maximum Gasteiger partial charge on any atom is 0.328 e. The van der Waals surface area contributed by atoms with Crippen molar-refractivity contribution in [3.8, 4) is 23.2 Å². The lowest BCUT2D eigenvalue weighted by Gasteiger charge is -2.27. The van der Waals surface area contributed by atoms with Gasteiger partial charge in [-0.1, -0.05) is 12.0 Å². The summed E-state index contributed by atoms with van der Waals surface area (Å²) >= 11 is 0. The number of hydrogen-bond donors (Lipinski definition) is 2. The molecule has 0 atom stereocenters. The van der Waals surface area contributed by atoms with Crippen LogP contribution in [0.25, 0.3) is 33.4 Å². The molecule has 0 spiro atoms. The number of aromatic nitrogens is 5. The zero-order chi connectivity index (χ0) is 40.0. The van der Waals surface area contributed by atoms with Crippen LogP contribution in [-0.2, 0) is 23.6 Å². The smallest absolute Gasteiger partial charge is 0.328 e. The Morgan fingerprint density at radius 3 is 2.51 bits per heavy atom. The molecule has 290 valence electrons. The van der Waals surface area contributed by atoms with Crippen LogP contribution >= 0.6 is 0 Å². The minimum atomic E-state index is -0.478. The van der Waals surface area contributed by atoms with E-state index >= 15 is 0 Å². The van der Waals surface area contributed by atoms with Crippen LogP contribution in [0.15, 0.2) is 64.2 Å². The standard InChI is InChI=1S/C42H41N9O6/c1-24-18-27(39-45-22-29(23-46-39)48(3)28-19-30(26-12-16-56-17-13-26)38-32(20-28)49(4)42(55)50(38)5)21-44-37(24)40(53)43-14-7-10-33-25(2)36-31(8-6-9-34(36)57-33)51-15-11-35(52)47-41(51)54/h6,8-9,18-23,26H,11-17H2,1-5H3,(H,43,53)(H,47,52,54). The van der Waals surface area contributed by atoms with Crippen molar-refractivity contribution in [3.05, 3.63) is 93.6 Å². The van der Waals surface area contributed by atoms with E-state index < -0.39 is 6.03 Å². The molecular weight excluding hydrogens is 727 g/mol. The molecule has 2 saturated heterocycles. The van der Waals surface area contributed by atoms with Gasteiger partial charge in [0.15, 0.2) is 11.6 Å². The SMILES string of the molecule is Cc1cc(-c2ncc(N(C)c3cc(C4CCOCC4)c4c(c3)n(C)c(=O)n4C)cn2)cnc1C(=O)NCC#Cc1oc2cccc(N3CCC(=O)NC3=O)c2c1C. The molecular formula is C42H41N9O6. The number of carbonyl (C=O) groups excluding carboxylic acids is 3. The lowest BCUT2D eigenvalue weighted by molar-refractivity contribution is -0.120. The Labute approximate surface area is 327 Å². The number of urea groups is 1. The molecule has 0 saturated carbocycles. The lowest BCUT2D eigenvalue weighted by Crippen LogP contribution is -2.49. The number of fused-ring (bicyclic) bond motifs is 2. The van der Waals surface area contributed by atoms with Gasteiger partial charge in [-0.2, -0.15) is 0 Å². The van der Waals surface area contributed by atoms with E-state index in [-0.39, 0.29) is 48.6 Å². The number of furan rings is 1. The Morgan fingerprint density at radius 2 is 1.77 bits per heavy atom. The number of benzene rings is 2. The Balaban J connectivity index is 0.948. The number of rotatable bonds is 7. The Morgan fingerprint density at radius 1 is 1.00 bits per heavy atom. The maximum absolute atomic E-state index is 13.1. The average molecular weight is 768 g/mol. The van der Waals surface area contributed by atoms with Gasteiger partial charge in [-0.15, -0.1) is 0 Å². The largest absolute Gasteiger partial charge is 0.447 e. The van der Waals surface area contributed by atoms with E-state index in [0.717, 1.165) is 51.8 Å². The molecule has 15 heteroatoms. The van der Waals surface area contributed by atoms with Crippen LogP contribution in [0.3, 0.4) is 0 Å². The lowest BCUT2D eigenvalue weighted by atomic mass is 9.90. The number of carbonyl (C=O) groups is 3. The summed E-state index contributed by atoms with van der Waals surface area (Å²) in [5, 5.41) is 5.89. The molecule has 2 aliphatic heterocycles. The Bertz CT molecular complexity index is 2710. The minimum Gasteiger partial charge on any atom is -0.447 e. The predicted molar refractivity (Wildman–Crippen MR) is 215 cm³/mol. The van der Waals surface area contributed by atoms with Crippen molar-refractivity contribution in [2.45, 2.75) is 39.0 Å². The first kappa shape index (κ1) is 37.1. The number of anilines is 3. The van der Waals surface area contributed by atoms with E-state index in [1.165, 1.54) is 4.90 Å². The van der Waals surface area contributed by atoms with E-state index in [0.29, 0.717) is 47.2 Å². The molecule has 0 radical (unpaired) electrons. The Hall–Kier alpha value is -6.79. The van der Waals surface area contributed by atoms with E-state index in [1.807, 2.05) is 38.1 Å². The number of imide groups is 1. The monoisotopic (exact) mass is 767 g/mol. The van der Waals surface area contributed by atoms with Crippen LogP contribution in [0.4, 0.5) is 21.9 Å². The zero-order valence-electron chi connectivity index (χ0n) is 32.3. The number of hydrogen-bond acceptors (Lipinski definition) is 10. The molecule has 4 aromatic heterocycles. The fraction of sp³-hybridized carbons (Fsp3) is 0.310. The maximum atomic E-state index is 13.1. The molecule has 0 bridgehead atoms.